The second kappa shape index (κ2) is 4.31. The normalized spacial score (nSPS) is 12.0. The van der Waals surface area contributed by atoms with Crippen molar-refractivity contribution >= 4 is 17.0 Å². The zero-order valence-corrected chi connectivity index (χ0v) is 9.45. The Labute approximate surface area is 94.4 Å². The Balaban J connectivity index is 2.61. The molecule has 84 valence electrons. The van der Waals surface area contributed by atoms with Crippen LogP contribution in [0, 0.1) is 0 Å². The molecule has 2 rings (SSSR count). The number of hydrogen-bond acceptors (Lipinski definition) is 2. The van der Waals surface area contributed by atoms with Gasteiger partial charge in [-0.2, -0.15) is 0 Å². The van der Waals surface area contributed by atoms with Gasteiger partial charge in [-0.15, -0.1) is 0 Å². The highest BCUT2D eigenvalue weighted by Gasteiger charge is 2.08. The predicted molar refractivity (Wildman–Crippen MR) is 65.3 cm³/mol. The molecule has 2 N–H and O–H groups in total. The molecule has 3 heteroatoms. The van der Waals surface area contributed by atoms with Crippen LogP contribution in [0.3, 0.4) is 0 Å². The number of benzene rings is 1. The molecule has 1 heterocycles. The van der Waals surface area contributed by atoms with Gasteiger partial charge in [-0.05, 0) is 18.1 Å². The molecule has 0 amide bonds. The van der Waals surface area contributed by atoms with Gasteiger partial charge in [-0.25, -0.2) is 0 Å². The fourth-order valence-electron chi connectivity index (χ4n) is 1.91. The van der Waals surface area contributed by atoms with Crippen LogP contribution in [0.1, 0.15) is 18.2 Å². The minimum atomic E-state index is -0.0822. The zero-order chi connectivity index (χ0) is 11.5. The van der Waals surface area contributed by atoms with Crippen molar-refractivity contribution < 1.29 is 9.84 Å². The topological polar surface area (TPSA) is 45.2 Å². The number of aromatic nitrogens is 1. The summed E-state index contributed by atoms with van der Waals surface area (Å²) in [5, 5.41) is 10.6. The smallest absolute Gasteiger partial charge is 0.278 e. The largest absolute Gasteiger partial charge is 0.481 e. The summed E-state index contributed by atoms with van der Waals surface area (Å²) in [4.78, 5) is 3.26. The highest BCUT2D eigenvalue weighted by Crippen LogP contribution is 2.24. The van der Waals surface area contributed by atoms with Crippen LogP contribution >= 0.6 is 0 Å². The lowest BCUT2D eigenvalue weighted by Gasteiger charge is -1.98. The van der Waals surface area contributed by atoms with E-state index in [-0.39, 0.29) is 5.95 Å². The molecule has 16 heavy (non-hydrogen) atoms. The Kier molecular flexibility index (Phi) is 2.86. The number of nitrogens with one attached hydrogen (secondary N) is 1. The first-order valence-corrected chi connectivity index (χ1v) is 5.30. The van der Waals surface area contributed by atoms with Crippen molar-refractivity contribution in [2.24, 2.45) is 0 Å². The maximum absolute atomic E-state index is 9.38. The van der Waals surface area contributed by atoms with Crippen molar-refractivity contribution in [2.45, 2.75) is 13.3 Å². The van der Waals surface area contributed by atoms with Crippen LogP contribution in [-0.4, -0.2) is 17.2 Å². The molecule has 0 saturated carbocycles. The van der Waals surface area contributed by atoms with E-state index >= 15 is 0 Å². The summed E-state index contributed by atoms with van der Waals surface area (Å²) >= 11 is 0. The van der Waals surface area contributed by atoms with E-state index in [4.69, 9.17) is 4.74 Å². The van der Waals surface area contributed by atoms with Crippen molar-refractivity contribution in [1.29, 1.82) is 0 Å². The van der Waals surface area contributed by atoms with E-state index in [0.29, 0.717) is 0 Å². The first-order chi connectivity index (χ1) is 7.76. The molecule has 3 nitrogen and oxygen atoms in total. The molecule has 0 spiro atoms. The van der Waals surface area contributed by atoms with Gasteiger partial charge in [0.05, 0.1) is 7.11 Å². The standard InChI is InChI=1S/C13H15NO2/c1-3-9-10-6-4-5-7-11(10)14-12(9)8-13(15)16-2/h4-8,14-15H,3H2,1-2H3/b13-8-. The molecule has 0 bridgehead atoms. The van der Waals surface area contributed by atoms with Crippen LogP contribution < -0.4 is 0 Å². The van der Waals surface area contributed by atoms with Gasteiger partial charge >= 0.3 is 0 Å². The molecule has 0 fully saturated rings. The van der Waals surface area contributed by atoms with Gasteiger partial charge in [-0.3, -0.25) is 0 Å². The highest BCUT2D eigenvalue weighted by atomic mass is 16.6. The van der Waals surface area contributed by atoms with E-state index in [9.17, 15) is 5.11 Å². The molecular formula is C13H15NO2. The Morgan fingerprint density at radius 2 is 2.19 bits per heavy atom. The van der Waals surface area contributed by atoms with E-state index in [1.807, 2.05) is 18.2 Å². The number of aliphatic hydroxyl groups is 1. The van der Waals surface area contributed by atoms with Crippen LogP contribution in [-0.2, 0) is 11.2 Å². The van der Waals surface area contributed by atoms with Crippen LogP contribution in [0.5, 0.6) is 0 Å². The number of hydrogen-bond donors (Lipinski definition) is 2. The molecule has 1 aromatic carbocycles. The van der Waals surface area contributed by atoms with Gasteiger partial charge in [0.1, 0.15) is 0 Å². The minimum absolute atomic E-state index is 0.0822. The quantitative estimate of drug-likeness (QED) is 0.775. The molecule has 1 aromatic heterocycles. The molecule has 0 unspecified atom stereocenters. The fourth-order valence-corrected chi connectivity index (χ4v) is 1.91. The Morgan fingerprint density at radius 3 is 2.88 bits per heavy atom. The Bertz CT molecular complexity index is 526. The number of ether oxygens (including phenoxy) is 1. The number of H-pyrrole nitrogens is 1. The summed E-state index contributed by atoms with van der Waals surface area (Å²) < 4.78 is 4.75. The summed E-state index contributed by atoms with van der Waals surface area (Å²) in [6.07, 6.45) is 2.52. The monoisotopic (exact) mass is 217 g/mol. The number of aromatic amines is 1. The van der Waals surface area contributed by atoms with E-state index in [2.05, 4.69) is 18.0 Å². The molecular weight excluding hydrogens is 202 g/mol. The van der Waals surface area contributed by atoms with Gasteiger partial charge < -0.3 is 14.8 Å². The Hall–Kier alpha value is -1.90. The average molecular weight is 217 g/mol. The average Bonchev–Trinajstić information content (AvgIpc) is 2.65. The van der Waals surface area contributed by atoms with Crippen molar-refractivity contribution in [2.75, 3.05) is 7.11 Å². The van der Waals surface area contributed by atoms with Gasteiger partial charge in [0, 0.05) is 22.7 Å². The summed E-state index contributed by atoms with van der Waals surface area (Å²) in [5.74, 6) is -0.0822. The fraction of sp³-hybridized carbons (Fsp3) is 0.231. The molecule has 0 aliphatic rings. The van der Waals surface area contributed by atoms with Gasteiger partial charge in [0.2, 0.25) is 0 Å². The van der Waals surface area contributed by atoms with Crippen LogP contribution in [0.25, 0.3) is 17.0 Å². The van der Waals surface area contributed by atoms with E-state index in [1.165, 1.54) is 18.1 Å². The van der Waals surface area contributed by atoms with Crippen molar-refractivity contribution in [3.63, 3.8) is 0 Å². The molecule has 0 radical (unpaired) electrons. The summed E-state index contributed by atoms with van der Waals surface area (Å²) in [6, 6.07) is 8.10. The van der Waals surface area contributed by atoms with Gasteiger partial charge in [0.25, 0.3) is 5.95 Å². The van der Waals surface area contributed by atoms with Crippen molar-refractivity contribution in [1.82, 2.24) is 4.98 Å². The number of methoxy groups -OCH3 is 1. The number of aliphatic hydroxyl groups excluding tert-OH is 1. The minimum Gasteiger partial charge on any atom is -0.481 e. The van der Waals surface area contributed by atoms with E-state index < -0.39 is 0 Å². The Morgan fingerprint density at radius 1 is 1.44 bits per heavy atom. The SMILES string of the molecule is CCc1c(/C=C(/O)OC)[nH]c2ccccc12. The van der Waals surface area contributed by atoms with Gasteiger partial charge in [-0.1, -0.05) is 25.1 Å². The zero-order valence-electron chi connectivity index (χ0n) is 9.45. The lowest BCUT2D eigenvalue weighted by molar-refractivity contribution is 0.141. The second-order valence-corrected chi connectivity index (χ2v) is 3.60. The summed E-state index contributed by atoms with van der Waals surface area (Å²) in [7, 11) is 1.44. The highest BCUT2D eigenvalue weighted by molar-refractivity contribution is 5.87. The maximum Gasteiger partial charge on any atom is 0.278 e. The third-order valence-corrected chi connectivity index (χ3v) is 2.68. The molecule has 0 atom stereocenters. The van der Waals surface area contributed by atoms with Crippen molar-refractivity contribution in [3.8, 4) is 0 Å². The molecule has 0 aliphatic carbocycles. The van der Waals surface area contributed by atoms with Crippen LogP contribution in [0.4, 0.5) is 0 Å². The first kappa shape index (κ1) is 10.6. The van der Waals surface area contributed by atoms with Crippen LogP contribution in [0.2, 0.25) is 0 Å². The molecule has 0 aliphatic heterocycles. The number of aryl methyl sites for hydroxylation is 1. The summed E-state index contributed by atoms with van der Waals surface area (Å²) in [5.41, 5.74) is 3.18. The third kappa shape index (κ3) is 1.76. The third-order valence-electron chi connectivity index (χ3n) is 2.68. The summed E-state index contributed by atoms with van der Waals surface area (Å²) in [6.45, 7) is 2.09. The van der Waals surface area contributed by atoms with Crippen LogP contribution in [0.15, 0.2) is 30.2 Å². The predicted octanol–water partition coefficient (Wildman–Crippen LogP) is 3.23. The number of fused-ring (bicyclic) bond motifs is 1. The number of rotatable bonds is 3. The van der Waals surface area contributed by atoms with Crippen molar-refractivity contribution in [3.05, 3.63) is 41.5 Å². The first-order valence-electron chi connectivity index (χ1n) is 5.30. The molecule has 0 saturated heterocycles. The lowest BCUT2D eigenvalue weighted by atomic mass is 10.1. The van der Waals surface area contributed by atoms with Gasteiger partial charge in [0.15, 0.2) is 0 Å². The van der Waals surface area contributed by atoms with E-state index in [0.717, 1.165) is 17.6 Å². The molecule has 2 aromatic rings. The maximum atomic E-state index is 9.38. The second-order valence-electron chi connectivity index (χ2n) is 3.60. The lowest BCUT2D eigenvalue weighted by Crippen LogP contribution is -1.87. The van der Waals surface area contributed by atoms with E-state index in [1.54, 1.807) is 6.08 Å². The number of para-hydroxylation sites is 1.